The zero-order chi connectivity index (χ0) is 13.7. The van der Waals surface area contributed by atoms with Crippen molar-refractivity contribution in [1.29, 1.82) is 0 Å². The van der Waals surface area contributed by atoms with Crippen LogP contribution in [0.15, 0.2) is 18.5 Å². The largest absolute Gasteiger partial charge is 0.386 e. The van der Waals surface area contributed by atoms with E-state index in [1.165, 1.54) is 0 Å². The number of hydrogen-bond donors (Lipinski definition) is 2. The zero-order valence-electron chi connectivity index (χ0n) is 11.3. The standard InChI is InChI=1S/C13H20N4O2/c1-14-12-8-15-4-3-11(12)13(18)16-7-10-9-17(2)5-6-19-10/h3-4,8,10,14H,5-7,9H2,1-2H3,(H,16,18). The Balaban J connectivity index is 1.90. The lowest BCUT2D eigenvalue weighted by atomic mass is 10.2. The average Bonchev–Trinajstić information content (AvgIpc) is 2.45. The molecule has 2 rings (SSSR count). The summed E-state index contributed by atoms with van der Waals surface area (Å²) >= 11 is 0. The summed E-state index contributed by atoms with van der Waals surface area (Å²) in [5.41, 5.74) is 1.32. The third-order valence-corrected chi connectivity index (χ3v) is 3.17. The number of amides is 1. The van der Waals surface area contributed by atoms with Crippen LogP contribution >= 0.6 is 0 Å². The highest BCUT2D eigenvalue weighted by atomic mass is 16.5. The summed E-state index contributed by atoms with van der Waals surface area (Å²) < 4.78 is 5.61. The third kappa shape index (κ3) is 3.65. The molecular formula is C13H20N4O2. The first-order valence-electron chi connectivity index (χ1n) is 6.41. The van der Waals surface area contributed by atoms with Crippen LogP contribution in [-0.4, -0.2) is 62.2 Å². The van der Waals surface area contributed by atoms with Gasteiger partial charge in [0, 0.05) is 32.9 Å². The second-order valence-electron chi connectivity index (χ2n) is 4.64. The maximum atomic E-state index is 12.1. The van der Waals surface area contributed by atoms with E-state index in [2.05, 4.69) is 27.6 Å². The number of rotatable bonds is 4. The Morgan fingerprint density at radius 2 is 2.47 bits per heavy atom. The van der Waals surface area contributed by atoms with Gasteiger partial charge >= 0.3 is 0 Å². The van der Waals surface area contributed by atoms with Crippen molar-refractivity contribution in [1.82, 2.24) is 15.2 Å². The molecule has 0 spiro atoms. The molecule has 6 nitrogen and oxygen atoms in total. The molecule has 2 N–H and O–H groups in total. The Bertz CT molecular complexity index is 438. The number of likely N-dealkylation sites (N-methyl/N-ethyl adjacent to an activating group) is 1. The molecule has 2 heterocycles. The molecule has 104 valence electrons. The van der Waals surface area contributed by atoms with Gasteiger partial charge < -0.3 is 20.3 Å². The first-order valence-corrected chi connectivity index (χ1v) is 6.41. The van der Waals surface area contributed by atoms with E-state index in [0.29, 0.717) is 18.7 Å². The van der Waals surface area contributed by atoms with E-state index in [4.69, 9.17) is 4.74 Å². The van der Waals surface area contributed by atoms with E-state index in [1.54, 1.807) is 25.5 Å². The molecule has 1 aliphatic rings. The van der Waals surface area contributed by atoms with Gasteiger partial charge in [0.05, 0.1) is 30.2 Å². The van der Waals surface area contributed by atoms with Gasteiger partial charge in [0.1, 0.15) is 0 Å². The Kier molecular flexibility index (Phi) is 4.70. The van der Waals surface area contributed by atoms with E-state index >= 15 is 0 Å². The van der Waals surface area contributed by atoms with Gasteiger partial charge in [0.2, 0.25) is 0 Å². The highest BCUT2D eigenvalue weighted by Gasteiger charge is 2.19. The van der Waals surface area contributed by atoms with Crippen LogP contribution in [0.2, 0.25) is 0 Å². The minimum absolute atomic E-state index is 0.0579. The molecule has 0 saturated carbocycles. The lowest BCUT2D eigenvalue weighted by Crippen LogP contribution is -2.46. The Hall–Kier alpha value is -1.66. The van der Waals surface area contributed by atoms with Gasteiger partial charge in [-0.25, -0.2) is 0 Å². The second kappa shape index (κ2) is 6.49. The van der Waals surface area contributed by atoms with Crippen molar-refractivity contribution in [2.75, 3.05) is 45.7 Å². The number of anilines is 1. The molecule has 6 heteroatoms. The summed E-state index contributed by atoms with van der Waals surface area (Å²) in [7, 11) is 3.83. The smallest absolute Gasteiger partial charge is 0.253 e. The molecule has 1 aliphatic heterocycles. The van der Waals surface area contributed by atoms with Gasteiger partial charge in [-0.3, -0.25) is 9.78 Å². The molecule has 0 aromatic carbocycles. The first kappa shape index (κ1) is 13.8. The number of carbonyl (C=O) groups is 1. The number of nitrogens with one attached hydrogen (secondary N) is 2. The maximum absolute atomic E-state index is 12.1. The molecule has 1 atom stereocenters. The maximum Gasteiger partial charge on any atom is 0.253 e. The normalized spacial score (nSPS) is 20.0. The van der Waals surface area contributed by atoms with Gasteiger partial charge in [-0.2, -0.15) is 0 Å². The quantitative estimate of drug-likeness (QED) is 0.812. The molecule has 1 aromatic heterocycles. The Morgan fingerprint density at radius 1 is 1.63 bits per heavy atom. The molecular weight excluding hydrogens is 244 g/mol. The summed E-state index contributed by atoms with van der Waals surface area (Å²) in [6.45, 7) is 3.02. The number of aromatic nitrogens is 1. The lowest BCUT2D eigenvalue weighted by molar-refractivity contribution is -0.0174. The molecule has 0 radical (unpaired) electrons. The molecule has 1 unspecified atom stereocenters. The fraction of sp³-hybridized carbons (Fsp3) is 0.538. The van der Waals surface area contributed by atoms with Gasteiger partial charge in [0.25, 0.3) is 5.91 Å². The molecule has 1 amide bonds. The van der Waals surface area contributed by atoms with Crippen molar-refractivity contribution < 1.29 is 9.53 Å². The van der Waals surface area contributed by atoms with Crippen molar-refractivity contribution in [3.8, 4) is 0 Å². The highest BCUT2D eigenvalue weighted by molar-refractivity contribution is 5.99. The van der Waals surface area contributed by atoms with E-state index in [0.717, 1.165) is 18.8 Å². The number of nitrogens with zero attached hydrogens (tertiary/aromatic N) is 2. The fourth-order valence-corrected chi connectivity index (χ4v) is 2.08. The second-order valence-corrected chi connectivity index (χ2v) is 4.64. The van der Waals surface area contributed by atoms with Gasteiger partial charge in [-0.05, 0) is 13.1 Å². The SMILES string of the molecule is CNc1cnccc1C(=O)NCC1CN(C)CCO1. The van der Waals surface area contributed by atoms with Gasteiger partial charge in [-0.15, -0.1) is 0 Å². The van der Waals surface area contributed by atoms with E-state index < -0.39 is 0 Å². The number of pyridine rings is 1. The molecule has 1 fully saturated rings. The van der Waals surface area contributed by atoms with Crippen molar-refractivity contribution in [3.05, 3.63) is 24.0 Å². The molecule has 1 aromatic rings. The summed E-state index contributed by atoms with van der Waals surface area (Å²) in [6.07, 6.45) is 3.31. The fourth-order valence-electron chi connectivity index (χ4n) is 2.08. The zero-order valence-corrected chi connectivity index (χ0v) is 11.3. The molecule has 19 heavy (non-hydrogen) atoms. The molecule has 0 bridgehead atoms. The summed E-state index contributed by atoms with van der Waals surface area (Å²) in [4.78, 5) is 18.3. The van der Waals surface area contributed by atoms with Crippen molar-refractivity contribution >= 4 is 11.6 Å². The van der Waals surface area contributed by atoms with E-state index in [1.807, 2.05) is 0 Å². The van der Waals surface area contributed by atoms with Crippen LogP contribution in [-0.2, 0) is 4.74 Å². The monoisotopic (exact) mass is 264 g/mol. The van der Waals surface area contributed by atoms with Crippen LogP contribution in [0.25, 0.3) is 0 Å². The van der Waals surface area contributed by atoms with Crippen LogP contribution < -0.4 is 10.6 Å². The number of morpholine rings is 1. The van der Waals surface area contributed by atoms with E-state index in [9.17, 15) is 4.79 Å². The van der Waals surface area contributed by atoms with Crippen LogP contribution in [0.1, 0.15) is 10.4 Å². The number of hydrogen-bond acceptors (Lipinski definition) is 5. The van der Waals surface area contributed by atoms with Crippen molar-refractivity contribution in [2.24, 2.45) is 0 Å². The minimum atomic E-state index is -0.108. The van der Waals surface area contributed by atoms with Crippen LogP contribution in [0, 0.1) is 0 Å². The molecule has 0 aliphatic carbocycles. The Labute approximate surface area is 113 Å². The van der Waals surface area contributed by atoms with Crippen LogP contribution in [0.4, 0.5) is 5.69 Å². The minimum Gasteiger partial charge on any atom is -0.386 e. The van der Waals surface area contributed by atoms with E-state index in [-0.39, 0.29) is 12.0 Å². The lowest BCUT2D eigenvalue weighted by Gasteiger charge is -2.30. The van der Waals surface area contributed by atoms with Gasteiger partial charge in [0.15, 0.2) is 0 Å². The highest BCUT2D eigenvalue weighted by Crippen LogP contribution is 2.12. The predicted molar refractivity (Wildman–Crippen MR) is 73.4 cm³/mol. The van der Waals surface area contributed by atoms with Crippen molar-refractivity contribution in [3.63, 3.8) is 0 Å². The van der Waals surface area contributed by atoms with Crippen LogP contribution in [0.3, 0.4) is 0 Å². The summed E-state index contributed by atoms with van der Waals surface area (Å²) in [5, 5.41) is 5.86. The van der Waals surface area contributed by atoms with Crippen molar-refractivity contribution in [2.45, 2.75) is 6.10 Å². The Morgan fingerprint density at radius 3 is 3.21 bits per heavy atom. The van der Waals surface area contributed by atoms with Gasteiger partial charge in [-0.1, -0.05) is 0 Å². The first-order chi connectivity index (χ1) is 9.20. The predicted octanol–water partition coefficient (Wildman–Crippen LogP) is 0.184. The number of ether oxygens (including phenoxy) is 1. The third-order valence-electron chi connectivity index (χ3n) is 3.17. The summed E-state index contributed by atoms with van der Waals surface area (Å²) in [6, 6.07) is 1.70. The molecule has 1 saturated heterocycles. The van der Waals surface area contributed by atoms with Crippen LogP contribution in [0.5, 0.6) is 0 Å². The number of carbonyl (C=O) groups excluding carboxylic acids is 1. The average molecular weight is 264 g/mol. The summed E-state index contributed by atoms with van der Waals surface area (Å²) in [5.74, 6) is -0.108. The topological polar surface area (TPSA) is 66.5 Å².